The van der Waals surface area contributed by atoms with Gasteiger partial charge in [-0.25, -0.2) is 9.59 Å². The van der Waals surface area contributed by atoms with Crippen LogP contribution in [0.2, 0.25) is 0 Å². The Morgan fingerprint density at radius 2 is 2.15 bits per heavy atom. The van der Waals surface area contributed by atoms with E-state index in [2.05, 4.69) is 0 Å². The van der Waals surface area contributed by atoms with Gasteiger partial charge >= 0.3 is 12.1 Å². The van der Waals surface area contributed by atoms with Crippen molar-refractivity contribution in [3.63, 3.8) is 0 Å². The Bertz CT molecular complexity index is 271. The maximum Gasteiger partial charge on any atom is 0.408 e. The second-order valence-corrected chi connectivity index (χ2v) is 3.04. The third kappa shape index (κ3) is 1.99. The van der Waals surface area contributed by atoms with E-state index < -0.39 is 18.1 Å². The van der Waals surface area contributed by atoms with E-state index in [1.54, 1.807) is 13.0 Å². The number of hydrogen-bond donors (Lipinski definition) is 2. The van der Waals surface area contributed by atoms with Crippen molar-refractivity contribution in [1.82, 2.24) is 4.90 Å². The summed E-state index contributed by atoms with van der Waals surface area (Å²) < 4.78 is 0. The molecule has 0 radical (unpaired) electrons. The summed E-state index contributed by atoms with van der Waals surface area (Å²) in [5.74, 6) is -1.09. The molecule has 5 heteroatoms. The van der Waals surface area contributed by atoms with Crippen molar-refractivity contribution in [3.05, 3.63) is 11.6 Å². The molecule has 13 heavy (non-hydrogen) atoms. The van der Waals surface area contributed by atoms with Crippen LogP contribution in [-0.4, -0.2) is 39.8 Å². The van der Waals surface area contributed by atoms with Gasteiger partial charge in [0.05, 0.1) is 0 Å². The summed E-state index contributed by atoms with van der Waals surface area (Å²) in [7, 11) is 0. The van der Waals surface area contributed by atoms with Gasteiger partial charge in [0.25, 0.3) is 0 Å². The Morgan fingerprint density at radius 3 is 2.62 bits per heavy atom. The molecule has 0 bridgehead atoms. The van der Waals surface area contributed by atoms with Gasteiger partial charge in [0.1, 0.15) is 6.04 Å². The van der Waals surface area contributed by atoms with Crippen LogP contribution >= 0.6 is 0 Å². The van der Waals surface area contributed by atoms with Crippen LogP contribution in [0.3, 0.4) is 0 Å². The van der Waals surface area contributed by atoms with Crippen LogP contribution in [0, 0.1) is 0 Å². The van der Waals surface area contributed by atoms with Crippen LogP contribution in [0.1, 0.15) is 13.3 Å². The molecule has 1 heterocycles. The molecule has 1 aliphatic heterocycles. The SMILES string of the molecule is CC1=CCN(C(=O)O)C(C(=O)O)C1. The third-order valence-corrected chi connectivity index (χ3v) is 2.06. The lowest BCUT2D eigenvalue weighted by atomic mass is 10.0. The molecule has 0 aliphatic carbocycles. The average Bonchev–Trinajstić information content (AvgIpc) is 2.03. The summed E-state index contributed by atoms with van der Waals surface area (Å²) in [4.78, 5) is 22.2. The molecule has 0 spiro atoms. The Balaban J connectivity index is 2.83. The minimum absolute atomic E-state index is 0.165. The Labute approximate surface area is 75.3 Å². The fourth-order valence-corrected chi connectivity index (χ4v) is 1.31. The van der Waals surface area contributed by atoms with Crippen LogP contribution in [0.25, 0.3) is 0 Å². The van der Waals surface area contributed by atoms with Gasteiger partial charge in [-0.05, 0) is 13.3 Å². The summed E-state index contributed by atoms with van der Waals surface area (Å²) in [6.45, 7) is 1.97. The summed E-state index contributed by atoms with van der Waals surface area (Å²) >= 11 is 0. The topological polar surface area (TPSA) is 77.8 Å². The monoisotopic (exact) mass is 185 g/mol. The van der Waals surface area contributed by atoms with E-state index in [1.165, 1.54) is 0 Å². The van der Waals surface area contributed by atoms with E-state index in [9.17, 15) is 9.59 Å². The fraction of sp³-hybridized carbons (Fsp3) is 0.500. The van der Waals surface area contributed by atoms with E-state index in [4.69, 9.17) is 10.2 Å². The van der Waals surface area contributed by atoms with Crippen LogP contribution in [-0.2, 0) is 4.79 Å². The second kappa shape index (κ2) is 3.47. The normalized spacial score (nSPS) is 22.4. The average molecular weight is 185 g/mol. The molecular weight excluding hydrogens is 174 g/mol. The molecule has 0 saturated heterocycles. The van der Waals surface area contributed by atoms with E-state index in [-0.39, 0.29) is 13.0 Å². The van der Waals surface area contributed by atoms with Gasteiger partial charge in [-0.3, -0.25) is 4.90 Å². The van der Waals surface area contributed by atoms with Gasteiger partial charge < -0.3 is 10.2 Å². The summed E-state index contributed by atoms with van der Waals surface area (Å²) in [6.07, 6.45) is 0.825. The smallest absolute Gasteiger partial charge is 0.408 e. The molecule has 1 rings (SSSR count). The van der Waals surface area contributed by atoms with Crippen molar-refractivity contribution in [2.45, 2.75) is 19.4 Å². The molecule has 2 N–H and O–H groups in total. The highest BCUT2D eigenvalue weighted by atomic mass is 16.4. The van der Waals surface area contributed by atoms with Crippen LogP contribution in [0.4, 0.5) is 4.79 Å². The molecule has 5 nitrogen and oxygen atoms in total. The summed E-state index contributed by atoms with van der Waals surface area (Å²) in [5.41, 5.74) is 0.921. The molecule has 72 valence electrons. The molecule has 1 atom stereocenters. The zero-order chi connectivity index (χ0) is 10.0. The number of carboxylic acids is 1. The molecule has 1 aliphatic rings. The molecular formula is C8H11NO4. The predicted molar refractivity (Wildman–Crippen MR) is 44.5 cm³/mol. The summed E-state index contributed by atoms with van der Waals surface area (Å²) in [5, 5.41) is 17.4. The van der Waals surface area contributed by atoms with Crippen molar-refractivity contribution in [2.75, 3.05) is 6.54 Å². The highest BCUT2D eigenvalue weighted by molar-refractivity contribution is 5.80. The van der Waals surface area contributed by atoms with Crippen LogP contribution in [0.5, 0.6) is 0 Å². The predicted octanol–water partition coefficient (Wildman–Crippen LogP) is 0.770. The quantitative estimate of drug-likeness (QED) is 0.591. The number of nitrogens with zero attached hydrogens (tertiary/aromatic N) is 1. The van der Waals surface area contributed by atoms with E-state index in [1.807, 2.05) is 0 Å². The maximum absolute atomic E-state index is 10.7. The summed E-state index contributed by atoms with van der Waals surface area (Å²) in [6, 6.07) is -0.928. The molecule has 1 amide bonds. The number of aliphatic carboxylic acids is 1. The van der Waals surface area contributed by atoms with Gasteiger partial charge in [0.2, 0.25) is 0 Å². The van der Waals surface area contributed by atoms with Gasteiger partial charge in [-0.1, -0.05) is 11.6 Å². The van der Waals surface area contributed by atoms with E-state index in [0.29, 0.717) is 0 Å². The van der Waals surface area contributed by atoms with Gasteiger partial charge in [0, 0.05) is 6.54 Å². The van der Waals surface area contributed by atoms with Crippen molar-refractivity contribution < 1.29 is 19.8 Å². The highest BCUT2D eigenvalue weighted by Gasteiger charge is 2.31. The third-order valence-electron chi connectivity index (χ3n) is 2.06. The molecule has 0 aromatic carbocycles. The molecule has 0 aromatic rings. The van der Waals surface area contributed by atoms with Crippen molar-refractivity contribution in [3.8, 4) is 0 Å². The van der Waals surface area contributed by atoms with Gasteiger partial charge in [0.15, 0.2) is 0 Å². The first kappa shape index (κ1) is 9.57. The zero-order valence-electron chi connectivity index (χ0n) is 7.23. The Kier molecular flexibility index (Phi) is 2.55. The van der Waals surface area contributed by atoms with Gasteiger partial charge in [-0.2, -0.15) is 0 Å². The Hall–Kier alpha value is -1.52. The number of carbonyl (C=O) groups is 2. The number of carboxylic acid groups (broad SMARTS) is 2. The van der Waals surface area contributed by atoms with Crippen molar-refractivity contribution >= 4 is 12.1 Å². The van der Waals surface area contributed by atoms with Crippen molar-refractivity contribution in [2.24, 2.45) is 0 Å². The Morgan fingerprint density at radius 1 is 1.54 bits per heavy atom. The van der Waals surface area contributed by atoms with Crippen LogP contribution in [0.15, 0.2) is 11.6 Å². The first-order valence-corrected chi connectivity index (χ1v) is 3.90. The zero-order valence-corrected chi connectivity index (χ0v) is 7.23. The maximum atomic E-state index is 10.7. The second-order valence-electron chi connectivity index (χ2n) is 3.04. The number of amides is 1. The van der Waals surface area contributed by atoms with Crippen molar-refractivity contribution in [1.29, 1.82) is 0 Å². The first-order chi connectivity index (χ1) is 6.02. The lowest BCUT2D eigenvalue weighted by Gasteiger charge is -2.29. The van der Waals surface area contributed by atoms with Crippen LogP contribution < -0.4 is 0 Å². The lowest BCUT2D eigenvalue weighted by molar-refractivity contribution is -0.142. The molecule has 0 saturated carbocycles. The lowest BCUT2D eigenvalue weighted by Crippen LogP contribution is -2.46. The molecule has 1 unspecified atom stereocenters. The van der Waals surface area contributed by atoms with E-state index >= 15 is 0 Å². The van der Waals surface area contributed by atoms with Gasteiger partial charge in [-0.15, -0.1) is 0 Å². The highest BCUT2D eigenvalue weighted by Crippen LogP contribution is 2.17. The van der Waals surface area contributed by atoms with E-state index in [0.717, 1.165) is 10.5 Å². The fourth-order valence-electron chi connectivity index (χ4n) is 1.31. The largest absolute Gasteiger partial charge is 0.480 e. The molecule has 0 aromatic heterocycles. The first-order valence-electron chi connectivity index (χ1n) is 3.90. The minimum Gasteiger partial charge on any atom is -0.480 e. The minimum atomic E-state index is -1.18. The number of rotatable bonds is 1. The molecule has 0 fully saturated rings. The standard InChI is InChI=1S/C8H11NO4/c1-5-2-3-9(8(12)13)6(4-5)7(10)11/h2,6H,3-4H2,1H3,(H,10,11)(H,12,13). The number of hydrogen-bond acceptors (Lipinski definition) is 2.